The first-order valence-electron chi connectivity index (χ1n) is 5.72. The summed E-state index contributed by atoms with van der Waals surface area (Å²) in [5.41, 5.74) is 10.6. The van der Waals surface area contributed by atoms with Crippen molar-refractivity contribution in [3.63, 3.8) is 0 Å². The lowest BCUT2D eigenvalue weighted by molar-refractivity contribution is 1.00. The fraction of sp³-hybridized carbons (Fsp3) is 0.214. The summed E-state index contributed by atoms with van der Waals surface area (Å²) < 4.78 is 3.78. The number of aryl methyl sites for hydroxylation is 1. The molecule has 1 aromatic heterocycles. The van der Waals surface area contributed by atoms with Gasteiger partial charge in [-0.15, -0.1) is 0 Å². The van der Waals surface area contributed by atoms with Gasteiger partial charge in [-0.2, -0.15) is 5.26 Å². The van der Waals surface area contributed by atoms with Crippen LogP contribution in [0.3, 0.4) is 0 Å². The molecule has 19 heavy (non-hydrogen) atoms. The Kier molecular flexibility index (Phi) is 3.75. The number of anilines is 1. The van der Waals surface area contributed by atoms with Crippen molar-refractivity contribution in [1.29, 1.82) is 5.26 Å². The summed E-state index contributed by atoms with van der Waals surface area (Å²) in [6, 6.07) is 6.22. The van der Waals surface area contributed by atoms with Crippen LogP contribution < -0.4 is 5.73 Å². The molecule has 2 aromatic rings. The van der Waals surface area contributed by atoms with Gasteiger partial charge in [0.15, 0.2) is 0 Å². The lowest BCUT2D eigenvalue weighted by Gasteiger charge is -2.14. The summed E-state index contributed by atoms with van der Waals surface area (Å²) in [7, 11) is 0. The third kappa shape index (κ3) is 2.19. The van der Waals surface area contributed by atoms with E-state index < -0.39 is 0 Å². The first kappa shape index (κ1) is 14.2. The highest BCUT2D eigenvalue weighted by Gasteiger charge is 2.19. The number of nitriles is 1. The monoisotopic (exact) mass is 381 g/mol. The second-order valence-electron chi connectivity index (χ2n) is 4.50. The zero-order valence-corrected chi connectivity index (χ0v) is 14.1. The number of nitrogen functional groups attached to an aromatic ring is 1. The van der Waals surface area contributed by atoms with Gasteiger partial charge in [0, 0.05) is 14.6 Å². The van der Waals surface area contributed by atoms with Crippen molar-refractivity contribution in [3.8, 4) is 11.8 Å². The van der Waals surface area contributed by atoms with Crippen molar-refractivity contribution in [1.82, 2.24) is 4.57 Å². The van der Waals surface area contributed by atoms with Crippen LogP contribution in [0.2, 0.25) is 0 Å². The summed E-state index contributed by atoms with van der Waals surface area (Å²) in [6.45, 7) is 5.90. The summed E-state index contributed by atoms with van der Waals surface area (Å²) >= 11 is 7.14. The smallest absolute Gasteiger partial charge is 0.126 e. The Bertz CT molecular complexity index is 685. The van der Waals surface area contributed by atoms with E-state index in [-0.39, 0.29) is 0 Å². The molecule has 0 fully saturated rings. The van der Waals surface area contributed by atoms with E-state index in [2.05, 4.69) is 37.9 Å². The quantitative estimate of drug-likeness (QED) is 0.795. The lowest BCUT2D eigenvalue weighted by atomic mass is 10.2. The molecule has 0 spiro atoms. The molecule has 2 N–H and O–H groups in total. The molecule has 3 nitrogen and oxygen atoms in total. The van der Waals surface area contributed by atoms with Gasteiger partial charge >= 0.3 is 0 Å². The molecule has 2 rings (SSSR count). The maximum absolute atomic E-state index is 9.20. The van der Waals surface area contributed by atoms with E-state index in [9.17, 15) is 5.26 Å². The van der Waals surface area contributed by atoms with Gasteiger partial charge in [-0.1, -0.05) is 0 Å². The van der Waals surface area contributed by atoms with E-state index in [1.807, 2.05) is 37.5 Å². The van der Waals surface area contributed by atoms with Crippen molar-refractivity contribution in [2.45, 2.75) is 20.8 Å². The molecular weight excluding hydrogens is 370 g/mol. The molecule has 0 aliphatic carbocycles. The minimum atomic E-state index is 0.475. The zero-order chi connectivity index (χ0) is 14.3. The van der Waals surface area contributed by atoms with Gasteiger partial charge in [0.1, 0.15) is 11.9 Å². The fourth-order valence-electron chi connectivity index (χ4n) is 2.17. The highest BCUT2D eigenvalue weighted by atomic mass is 79.9. The predicted molar refractivity (Wildman–Crippen MR) is 84.5 cm³/mol. The normalized spacial score (nSPS) is 10.5. The van der Waals surface area contributed by atoms with Crippen LogP contribution >= 0.6 is 31.9 Å². The highest BCUT2D eigenvalue weighted by molar-refractivity contribution is 9.11. The Morgan fingerprint density at radius 1 is 1.16 bits per heavy atom. The van der Waals surface area contributed by atoms with Gasteiger partial charge in [-0.25, -0.2) is 0 Å². The van der Waals surface area contributed by atoms with Gasteiger partial charge in [0.2, 0.25) is 0 Å². The summed E-state index contributed by atoms with van der Waals surface area (Å²) in [6.07, 6.45) is 0. The first-order chi connectivity index (χ1) is 8.88. The third-order valence-corrected chi connectivity index (χ3v) is 4.46. The van der Waals surface area contributed by atoms with Crippen molar-refractivity contribution in [2.75, 3.05) is 5.73 Å². The van der Waals surface area contributed by atoms with Gasteiger partial charge in [-0.3, -0.25) is 4.57 Å². The minimum absolute atomic E-state index is 0.475. The summed E-state index contributed by atoms with van der Waals surface area (Å²) in [4.78, 5) is 0. The molecule has 0 aliphatic heterocycles. The van der Waals surface area contributed by atoms with Crippen molar-refractivity contribution in [2.24, 2.45) is 0 Å². The highest BCUT2D eigenvalue weighted by Crippen LogP contribution is 2.36. The Labute approximate surface area is 129 Å². The largest absolute Gasteiger partial charge is 0.384 e. The predicted octanol–water partition coefficient (Wildman–Crippen LogP) is 4.38. The Morgan fingerprint density at radius 3 is 2.11 bits per heavy atom. The van der Waals surface area contributed by atoms with E-state index in [0.717, 1.165) is 31.5 Å². The van der Waals surface area contributed by atoms with Crippen LogP contribution in [0.5, 0.6) is 0 Å². The number of rotatable bonds is 1. The number of hydrogen-bond acceptors (Lipinski definition) is 2. The third-order valence-electron chi connectivity index (χ3n) is 3.25. The average Bonchev–Trinajstić information content (AvgIpc) is 2.52. The molecule has 0 amide bonds. The van der Waals surface area contributed by atoms with Gasteiger partial charge in [-0.05, 0) is 75.9 Å². The van der Waals surface area contributed by atoms with Crippen LogP contribution in [0, 0.1) is 32.1 Å². The molecule has 0 radical (unpaired) electrons. The Balaban J connectivity index is 2.85. The van der Waals surface area contributed by atoms with E-state index in [1.165, 1.54) is 0 Å². The molecule has 0 aliphatic rings. The SMILES string of the molecule is Cc1cc(Br)c(-n2c(C)c(C)c(C#N)c2N)c(Br)c1. The molecule has 98 valence electrons. The second-order valence-corrected chi connectivity index (χ2v) is 6.20. The van der Waals surface area contributed by atoms with Crippen molar-refractivity contribution < 1.29 is 0 Å². The minimum Gasteiger partial charge on any atom is -0.384 e. The first-order valence-corrected chi connectivity index (χ1v) is 7.30. The number of aromatic nitrogens is 1. The second kappa shape index (κ2) is 5.03. The Morgan fingerprint density at radius 2 is 1.68 bits per heavy atom. The van der Waals surface area contributed by atoms with E-state index in [4.69, 9.17) is 5.73 Å². The van der Waals surface area contributed by atoms with Crippen LogP contribution in [-0.2, 0) is 0 Å². The van der Waals surface area contributed by atoms with Gasteiger partial charge < -0.3 is 5.73 Å². The van der Waals surface area contributed by atoms with Crippen LogP contribution in [0.4, 0.5) is 5.82 Å². The average molecular weight is 383 g/mol. The molecule has 5 heteroatoms. The number of nitrogens with two attached hydrogens (primary N) is 1. The number of hydrogen-bond donors (Lipinski definition) is 1. The molecule has 0 unspecified atom stereocenters. The van der Waals surface area contributed by atoms with Gasteiger partial charge in [0.25, 0.3) is 0 Å². The molecule has 1 heterocycles. The van der Waals surface area contributed by atoms with Gasteiger partial charge in [0.05, 0.1) is 11.3 Å². The maximum Gasteiger partial charge on any atom is 0.126 e. The molecule has 0 saturated carbocycles. The van der Waals surface area contributed by atoms with Crippen molar-refractivity contribution in [3.05, 3.63) is 43.5 Å². The standard InChI is InChI=1S/C14H13Br2N3/c1-7-4-11(15)13(12(16)5-7)19-9(3)8(2)10(6-17)14(19)18/h4-5H,18H2,1-3H3. The van der Waals surface area contributed by atoms with E-state index in [1.54, 1.807) is 0 Å². The molecule has 0 atom stereocenters. The number of halogens is 2. The van der Waals surface area contributed by atoms with Crippen molar-refractivity contribution >= 4 is 37.7 Å². The Hall–Kier alpha value is -1.25. The fourth-order valence-corrected chi connectivity index (χ4v) is 3.94. The van der Waals surface area contributed by atoms with Crippen LogP contribution in [0.25, 0.3) is 5.69 Å². The molecule has 0 saturated heterocycles. The molecular formula is C14H13Br2N3. The summed E-state index contributed by atoms with van der Waals surface area (Å²) in [5, 5.41) is 9.20. The summed E-state index contributed by atoms with van der Waals surface area (Å²) in [5.74, 6) is 0.475. The molecule has 1 aromatic carbocycles. The molecule has 0 bridgehead atoms. The van der Waals surface area contributed by atoms with E-state index in [0.29, 0.717) is 11.4 Å². The van der Waals surface area contributed by atoms with Crippen LogP contribution in [-0.4, -0.2) is 4.57 Å². The lowest BCUT2D eigenvalue weighted by Crippen LogP contribution is -2.04. The van der Waals surface area contributed by atoms with Crippen LogP contribution in [0.1, 0.15) is 22.4 Å². The van der Waals surface area contributed by atoms with E-state index >= 15 is 0 Å². The number of nitrogens with zero attached hydrogens (tertiary/aromatic N) is 2. The number of benzene rings is 1. The zero-order valence-electron chi connectivity index (χ0n) is 10.9. The van der Waals surface area contributed by atoms with Crippen LogP contribution in [0.15, 0.2) is 21.1 Å². The topological polar surface area (TPSA) is 54.7 Å². The maximum atomic E-state index is 9.20.